The van der Waals surface area contributed by atoms with Crippen LogP contribution in [0.15, 0.2) is 109 Å². The first kappa shape index (κ1) is 28.9. The molecule has 0 aliphatic carbocycles. The third-order valence-electron chi connectivity index (χ3n) is 5.99. The average molecular weight is 567 g/mol. The van der Waals surface area contributed by atoms with E-state index in [1.165, 1.54) is 6.08 Å². The van der Waals surface area contributed by atoms with Gasteiger partial charge in [-0.05, 0) is 90.5 Å². The molecule has 0 unspecified atom stereocenters. The van der Waals surface area contributed by atoms with Crippen LogP contribution in [-0.2, 0) is 4.79 Å². The van der Waals surface area contributed by atoms with Crippen molar-refractivity contribution in [3.05, 3.63) is 136 Å². The van der Waals surface area contributed by atoms with E-state index in [4.69, 9.17) is 21.1 Å². The van der Waals surface area contributed by atoms with Gasteiger partial charge >= 0.3 is 0 Å². The van der Waals surface area contributed by atoms with E-state index in [0.29, 0.717) is 44.5 Å². The maximum atomic E-state index is 13.2. The fourth-order valence-electron chi connectivity index (χ4n) is 3.82. The molecule has 0 heterocycles. The highest BCUT2D eigenvalue weighted by Gasteiger charge is 2.15. The lowest BCUT2D eigenvalue weighted by atomic mass is 10.1. The van der Waals surface area contributed by atoms with Crippen LogP contribution in [0.1, 0.15) is 31.8 Å². The quantitative estimate of drug-likeness (QED) is 0.165. The number of ether oxygens (including phenoxy) is 2. The highest BCUT2D eigenvalue weighted by Crippen LogP contribution is 2.25. The summed E-state index contributed by atoms with van der Waals surface area (Å²) in [6.07, 6.45) is 4.65. The van der Waals surface area contributed by atoms with Crippen LogP contribution in [0.4, 0.5) is 5.69 Å². The fraction of sp³-hybridized carbons (Fsp3) is 0.0606. The largest absolute Gasteiger partial charge is 0.497 e. The third kappa shape index (κ3) is 7.94. The number of benzene rings is 4. The van der Waals surface area contributed by atoms with Gasteiger partial charge in [0.05, 0.1) is 14.2 Å². The van der Waals surface area contributed by atoms with Gasteiger partial charge < -0.3 is 20.1 Å². The van der Waals surface area contributed by atoms with Gasteiger partial charge in [0.25, 0.3) is 11.8 Å². The van der Waals surface area contributed by atoms with Crippen LogP contribution in [0.3, 0.4) is 0 Å². The van der Waals surface area contributed by atoms with Gasteiger partial charge in [0.15, 0.2) is 5.78 Å². The van der Waals surface area contributed by atoms with Crippen molar-refractivity contribution in [1.82, 2.24) is 5.32 Å². The van der Waals surface area contributed by atoms with Gasteiger partial charge in [0.2, 0.25) is 0 Å². The molecule has 206 valence electrons. The van der Waals surface area contributed by atoms with Crippen molar-refractivity contribution in [3.63, 3.8) is 0 Å². The summed E-state index contributed by atoms with van der Waals surface area (Å²) in [4.78, 5) is 38.8. The summed E-state index contributed by atoms with van der Waals surface area (Å²) in [5.41, 5.74) is 2.69. The second kappa shape index (κ2) is 13.8. The summed E-state index contributed by atoms with van der Waals surface area (Å²) >= 11 is 5.99. The highest BCUT2D eigenvalue weighted by atomic mass is 35.5. The summed E-state index contributed by atoms with van der Waals surface area (Å²) in [5.74, 6) is 0.0537. The maximum Gasteiger partial charge on any atom is 0.272 e. The van der Waals surface area contributed by atoms with Gasteiger partial charge in [-0.1, -0.05) is 41.9 Å². The number of rotatable bonds is 10. The Morgan fingerprint density at radius 2 is 1.49 bits per heavy atom. The summed E-state index contributed by atoms with van der Waals surface area (Å²) in [6, 6.07) is 27.2. The molecule has 0 atom stereocenters. The molecule has 0 aromatic heterocycles. The first-order valence-electron chi connectivity index (χ1n) is 12.6. The number of anilines is 1. The summed E-state index contributed by atoms with van der Waals surface area (Å²) in [5, 5.41) is 6.01. The van der Waals surface area contributed by atoms with Crippen LogP contribution in [0.5, 0.6) is 11.5 Å². The number of methoxy groups -OCH3 is 2. The number of hydrogen-bond acceptors (Lipinski definition) is 5. The minimum atomic E-state index is -0.534. The maximum absolute atomic E-state index is 13.2. The van der Waals surface area contributed by atoms with Crippen LogP contribution >= 0.6 is 11.6 Å². The average Bonchev–Trinajstić information content (AvgIpc) is 3.01. The molecular weight excluding hydrogens is 540 g/mol. The van der Waals surface area contributed by atoms with Crippen LogP contribution in [0.2, 0.25) is 5.02 Å². The van der Waals surface area contributed by atoms with E-state index >= 15 is 0 Å². The zero-order valence-corrected chi connectivity index (χ0v) is 23.1. The smallest absolute Gasteiger partial charge is 0.272 e. The van der Waals surface area contributed by atoms with E-state index in [0.717, 1.165) is 0 Å². The lowest BCUT2D eigenvalue weighted by Crippen LogP contribution is -2.30. The zero-order chi connectivity index (χ0) is 29.2. The third-order valence-corrected chi connectivity index (χ3v) is 6.24. The molecule has 41 heavy (non-hydrogen) atoms. The Kier molecular flexibility index (Phi) is 9.70. The lowest BCUT2D eigenvalue weighted by Gasteiger charge is -2.12. The monoisotopic (exact) mass is 566 g/mol. The Hall–Kier alpha value is -5.14. The molecule has 0 saturated carbocycles. The summed E-state index contributed by atoms with van der Waals surface area (Å²) in [7, 11) is 3.12. The van der Waals surface area contributed by atoms with E-state index < -0.39 is 11.8 Å². The van der Waals surface area contributed by atoms with Crippen LogP contribution in [-0.4, -0.2) is 31.8 Å². The molecule has 2 amide bonds. The Morgan fingerprint density at radius 1 is 0.780 bits per heavy atom. The molecule has 0 aliphatic rings. The molecule has 4 rings (SSSR count). The second-order valence-corrected chi connectivity index (χ2v) is 9.20. The van der Waals surface area contributed by atoms with Gasteiger partial charge in [-0.3, -0.25) is 14.4 Å². The first-order chi connectivity index (χ1) is 19.9. The highest BCUT2D eigenvalue weighted by molar-refractivity contribution is 6.30. The Bertz CT molecular complexity index is 1600. The molecule has 7 nitrogen and oxygen atoms in total. The van der Waals surface area contributed by atoms with Crippen LogP contribution in [0.25, 0.3) is 12.2 Å². The van der Waals surface area contributed by atoms with Crippen molar-refractivity contribution in [2.45, 2.75) is 0 Å². The number of hydrogen-bond donors (Lipinski definition) is 2. The van der Waals surface area contributed by atoms with Crippen molar-refractivity contribution >= 4 is 47.0 Å². The first-order valence-corrected chi connectivity index (χ1v) is 12.9. The molecule has 4 aromatic carbocycles. The standard InChI is InChI=1S/C33H27ClN2O5/c1-40-28-17-19-31(41-2)25(21-28)12-18-30(37)23-10-15-27(16-11-23)35-33(39)29(20-22-8-13-26(34)14-9-22)36-32(38)24-6-4-3-5-7-24/h3-21H,1-2H3,(H,35,39)(H,36,38)/b18-12+,29-20-. The van der Waals surface area contributed by atoms with Crippen LogP contribution in [0, 0.1) is 0 Å². The number of ketones is 1. The van der Waals surface area contributed by atoms with E-state index in [2.05, 4.69) is 10.6 Å². The predicted molar refractivity (Wildman–Crippen MR) is 161 cm³/mol. The topological polar surface area (TPSA) is 93.7 Å². The lowest BCUT2D eigenvalue weighted by molar-refractivity contribution is -0.113. The van der Waals surface area contributed by atoms with Crippen molar-refractivity contribution in [2.24, 2.45) is 0 Å². The van der Waals surface area contributed by atoms with Gasteiger partial charge in [-0.2, -0.15) is 0 Å². The second-order valence-electron chi connectivity index (χ2n) is 8.77. The van der Waals surface area contributed by atoms with E-state index in [-0.39, 0.29) is 11.5 Å². The molecule has 8 heteroatoms. The Balaban J connectivity index is 1.49. The SMILES string of the molecule is COc1ccc(OC)c(/C=C/C(=O)c2ccc(NC(=O)/C(=C/c3ccc(Cl)cc3)NC(=O)c3ccccc3)cc2)c1. The molecule has 0 bridgehead atoms. The molecular formula is C33H27ClN2O5. The molecule has 0 saturated heterocycles. The molecule has 0 fully saturated rings. The van der Waals surface area contributed by atoms with Crippen molar-refractivity contribution in [1.29, 1.82) is 0 Å². The number of nitrogens with one attached hydrogen (secondary N) is 2. The summed E-state index contributed by atoms with van der Waals surface area (Å²) < 4.78 is 10.6. The van der Waals surface area contributed by atoms with Gasteiger partial charge in [-0.25, -0.2) is 0 Å². The van der Waals surface area contributed by atoms with E-state index in [9.17, 15) is 14.4 Å². The van der Waals surface area contributed by atoms with Gasteiger partial charge in [-0.15, -0.1) is 0 Å². The van der Waals surface area contributed by atoms with E-state index in [1.54, 1.807) is 123 Å². The number of halogens is 1. The Labute approximate surface area is 243 Å². The number of carbonyl (C=O) groups is 3. The normalized spacial score (nSPS) is 11.1. The molecule has 0 spiro atoms. The molecule has 0 radical (unpaired) electrons. The minimum absolute atomic E-state index is 0.0384. The number of allylic oxidation sites excluding steroid dienone is 1. The summed E-state index contributed by atoms with van der Waals surface area (Å²) in [6.45, 7) is 0. The number of amides is 2. The van der Waals surface area contributed by atoms with E-state index in [1.807, 2.05) is 0 Å². The Morgan fingerprint density at radius 3 is 2.15 bits per heavy atom. The molecule has 4 aromatic rings. The van der Waals surface area contributed by atoms with Gasteiger partial charge in [0.1, 0.15) is 17.2 Å². The fourth-order valence-corrected chi connectivity index (χ4v) is 3.94. The van der Waals surface area contributed by atoms with Crippen molar-refractivity contribution < 1.29 is 23.9 Å². The number of carbonyl (C=O) groups excluding carboxylic acids is 3. The molecule has 0 aliphatic heterocycles. The van der Waals surface area contributed by atoms with Crippen molar-refractivity contribution in [2.75, 3.05) is 19.5 Å². The minimum Gasteiger partial charge on any atom is -0.497 e. The molecule has 2 N–H and O–H groups in total. The van der Waals surface area contributed by atoms with Crippen molar-refractivity contribution in [3.8, 4) is 11.5 Å². The zero-order valence-electron chi connectivity index (χ0n) is 22.4. The van der Waals surface area contributed by atoms with Gasteiger partial charge in [0, 0.05) is 27.4 Å². The van der Waals surface area contributed by atoms with Crippen LogP contribution < -0.4 is 20.1 Å². The predicted octanol–water partition coefficient (Wildman–Crippen LogP) is 6.66.